The molecule has 2 fully saturated rings. The van der Waals surface area contributed by atoms with Gasteiger partial charge in [0.05, 0.1) is 23.9 Å². The number of methoxy groups -OCH3 is 1. The van der Waals surface area contributed by atoms with Crippen LogP contribution >= 0.6 is 11.6 Å². The summed E-state index contributed by atoms with van der Waals surface area (Å²) in [7, 11) is 5.93. The zero-order valence-corrected chi connectivity index (χ0v) is 20.9. The molecule has 3 aromatic rings. The summed E-state index contributed by atoms with van der Waals surface area (Å²) in [6.07, 6.45) is 6.05. The minimum Gasteiger partial charge on any atom is -0.497 e. The molecular formula is C28H32ClN3O2. The number of piperidine rings is 1. The second kappa shape index (κ2) is 9.55. The van der Waals surface area contributed by atoms with Crippen molar-refractivity contribution in [3.05, 3.63) is 53.2 Å². The molecule has 0 N–H and O–H groups in total. The van der Waals surface area contributed by atoms with Gasteiger partial charge in [-0.3, -0.25) is 9.78 Å². The smallest absolute Gasteiger partial charge is 0.169 e. The van der Waals surface area contributed by atoms with Gasteiger partial charge in [0, 0.05) is 42.2 Å². The standard InChI is InChI=1S/C28H32ClN3O2/c1-31(2)17-18-8-10-32(11-9-18)27-24-14-20(21-12-22(29)15-23(13-21)34-3)6-7-26(24)30-16-25(27)28(33)19-4-5-19/h6-7,12-16,18-19H,4-5,8-11,17H2,1-3H3. The van der Waals surface area contributed by atoms with E-state index in [9.17, 15) is 4.79 Å². The van der Waals surface area contributed by atoms with Crippen LogP contribution in [0.4, 0.5) is 5.69 Å². The van der Waals surface area contributed by atoms with E-state index in [2.05, 4.69) is 36.0 Å². The summed E-state index contributed by atoms with van der Waals surface area (Å²) in [6, 6.07) is 12.0. The summed E-state index contributed by atoms with van der Waals surface area (Å²) in [5, 5.41) is 1.67. The van der Waals surface area contributed by atoms with Crippen molar-refractivity contribution in [1.29, 1.82) is 0 Å². The van der Waals surface area contributed by atoms with Crippen LogP contribution < -0.4 is 9.64 Å². The van der Waals surface area contributed by atoms with Crippen molar-refractivity contribution in [2.75, 3.05) is 45.7 Å². The molecule has 2 aromatic carbocycles. The van der Waals surface area contributed by atoms with Gasteiger partial charge in [-0.15, -0.1) is 0 Å². The fourth-order valence-electron chi connectivity index (χ4n) is 5.15. The lowest BCUT2D eigenvalue weighted by Gasteiger charge is -2.36. The number of hydrogen-bond donors (Lipinski definition) is 0. The monoisotopic (exact) mass is 477 g/mol. The number of ether oxygens (including phenoxy) is 1. The van der Waals surface area contributed by atoms with Gasteiger partial charge in [-0.1, -0.05) is 17.7 Å². The summed E-state index contributed by atoms with van der Waals surface area (Å²) >= 11 is 6.36. The Morgan fingerprint density at radius 1 is 1.09 bits per heavy atom. The predicted molar refractivity (Wildman–Crippen MR) is 139 cm³/mol. The van der Waals surface area contributed by atoms with Crippen molar-refractivity contribution < 1.29 is 9.53 Å². The van der Waals surface area contributed by atoms with Gasteiger partial charge in [0.1, 0.15) is 5.75 Å². The zero-order valence-electron chi connectivity index (χ0n) is 20.2. The Balaban J connectivity index is 1.59. The van der Waals surface area contributed by atoms with Crippen LogP contribution in [0.5, 0.6) is 5.75 Å². The highest BCUT2D eigenvalue weighted by Gasteiger charge is 2.34. The molecule has 178 valence electrons. The second-order valence-corrected chi connectivity index (χ2v) is 10.4. The Hall–Kier alpha value is -2.63. The van der Waals surface area contributed by atoms with Crippen LogP contribution in [0.3, 0.4) is 0 Å². The molecule has 2 aliphatic rings. The molecular weight excluding hydrogens is 446 g/mol. The van der Waals surface area contributed by atoms with Gasteiger partial charge >= 0.3 is 0 Å². The lowest BCUT2D eigenvalue weighted by atomic mass is 9.93. The van der Waals surface area contributed by atoms with Crippen LogP contribution in [0, 0.1) is 11.8 Å². The van der Waals surface area contributed by atoms with Crippen molar-refractivity contribution in [1.82, 2.24) is 9.88 Å². The lowest BCUT2D eigenvalue weighted by Crippen LogP contribution is -2.38. The Morgan fingerprint density at radius 2 is 1.85 bits per heavy atom. The number of pyridine rings is 1. The number of fused-ring (bicyclic) bond motifs is 1. The van der Waals surface area contributed by atoms with E-state index in [-0.39, 0.29) is 11.7 Å². The third kappa shape index (κ3) is 4.77. The van der Waals surface area contributed by atoms with Crippen LogP contribution in [0.25, 0.3) is 22.0 Å². The van der Waals surface area contributed by atoms with Crippen LogP contribution in [-0.4, -0.2) is 56.5 Å². The first kappa shape index (κ1) is 23.1. The third-order valence-electron chi connectivity index (χ3n) is 7.05. The Labute approximate surface area is 206 Å². The van der Waals surface area contributed by atoms with Crippen molar-refractivity contribution in [2.24, 2.45) is 11.8 Å². The topological polar surface area (TPSA) is 45.7 Å². The van der Waals surface area contributed by atoms with Gasteiger partial charge in [0.2, 0.25) is 0 Å². The molecule has 1 saturated carbocycles. The summed E-state index contributed by atoms with van der Waals surface area (Å²) in [5.41, 5.74) is 4.77. The molecule has 0 unspecified atom stereocenters. The molecule has 1 aliphatic heterocycles. The van der Waals surface area contributed by atoms with Crippen LogP contribution in [0.15, 0.2) is 42.6 Å². The van der Waals surface area contributed by atoms with Crippen molar-refractivity contribution >= 4 is 34.0 Å². The van der Waals surface area contributed by atoms with Crippen LogP contribution in [0.1, 0.15) is 36.0 Å². The van der Waals surface area contributed by atoms with E-state index in [0.29, 0.717) is 10.9 Å². The molecule has 34 heavy (non-hydrogen) atoms. The summed E-state index contributed by atoms with van der Waals surface area (Å²) in [6.45, 7) is 3.02. The summed E-state index contributed by atoms with van der Waals surface area (Å²) in [5.74, 6) is 1.82. The number of anilines is 1. The van der Waals surface area contributed by atoms with Crippen molar-refractivity contribution in [3.8, 4) is 16.9 Å². The molecule has 5 rings (SSSR count). The number of Topliss-reactive ketones (excluding diaryl/α,β-unsaturated/α-hetero) is 1. The van der Waals surface area contributed by atoms with E-state index in [0.717, 1.165) is 84.3 Å². The highest BCUT2D eigenvalue weighted by molar-refractivity contribution is 6.31. The van der Waals surface area contributed by atoms with Gasteiger partial charge < -0.3 is 14.5 Å². The second-order valence-electron chi connectivity index (χ2n) is 9.96. The quantitative estimate of drug-likeness (QED) is 0.394. The van der Waals surface area contributed by atoms with Gasteiger partial charge in [0.15, 0.2) is 5.78 Å². The highest BCUT2D eigenvalue weighted by Crippen LogP contribution is 2.40. The van der Waals surface area contributed by atoms with Gasteiger partial charge in [-0.05, 0) is 87.2 Å². The largest absolute Gasteiger partial charge is 0.497 e. The first-order valence-electron chi connectivity index (χ1n) is 12.1. The van der Waals surface area contributed by atoms with Gasteiger partial charge in [-0.2, -0.15) is 0 Å². The normalized spacial score (nSPS) is 16.9. The number of aromatic nitrogens is 1. The highest BCUT2D eigenvalue weighted by atomic mass is 35.5. The number of ketones is 1. The predicted octanol–water partition coefficient (Wildman–Crippen LogP) is 5.93. The number of carbonyl (C=O) groups is 1. The molecule has 1 aliphatic carbocycles. The zero-order chi connectivity index (χ0) is 23.8. The van der Waals surface area contributed by atoms with E-state index in [1.54, 1.807) is 7.11 Å². The Kier molecular flexibility index (Phi) is 6.50. The van der Waals surface area contributed by atoms with Gasteiger partial charge in [-0.25, -0.2) is 0 Å². The first-order chi connectivity index (χ1) is 16.4. The molecule has 0 atom stereocenters. The number of hydrogen-bond acceptors (Lipinski definition) is 5. The first-order valence-corrected chi connectivity index (χ1v) is 12.5. The lowest BCUT2D eigenvalue weighted by molar-refractivity contribution is 0.0968. The Morgan fingerprint density at radius 3 is 2.53 bits per heavy atom. The number of rotatable bonds is 7. The number of nitrogens with zero attached hydrogens (tertiary/aromatic N) is 3. The summed E-state index contributed by atoms with van der Waals surface area (Å²) in [4.78, 5) is 22.7. The molecule has 5 nitrogen and oxygen atoms in total. The number of halogens is 1. The molecule has 0 bridgehead atoms. The van der Waals surface area contributed by atoms with Crippen molar-refractivity contribution in [3.63, 3.8) is 0 Å². The van der Waals surface area contributed by atoms with E-state index >= 15 is 0 Å². The molecule has 2 heterocycles. The van der Waals surface area contributed by atoms with E-state index in [1.807, 2.05) is 30.5 Å². The number of benzene rings is 2. The molecule has 0 spiro atoms. The third-order valence-corrected chi connectivity index (χ3v) is 7.27. The maximum atomic E-state index is 13.3. The maximum absolute atomic E-state index is 13.3. The molecule has 0 amide bonds. The molecule has 1 saturated heterocycles. The molecule has 0 radical (unpaired) electrons. The van der Waals surface area contributed by atoms with Crippen molar-refractivity contribution in [2.45, 2.75) is 25.7 Å². The average Bonchev–Trinajstić information content (AvgIpc) is 3.68. The molecule has 6 heteroatoms. The fourth-order valence-corrected chi connectivity index (χ4v) is 5.37. The average molecular weight is 478 g/mol. The van der Waals surface area contributed by atoms with E-state index < -0.39 is 0 Å². The maximum Gasteiger partial charge on any atom is 0.169 e. The van der Waals surface area contributed by atoms with E-state index in [1.165, 1.54) is 0 Å². The molecule has 1 aromatic heterocycles. The number of carbonyl (C=O) groups excluding carboxylic acids is 1. The Bertz CT molecular complexity index is 1210. The minimum absolute atomic E-state index is 0.157. The SMILES string of the molecule is COc1cc(Cl)cc(-c2ccc3ncc(C(=O)C4CC4)c(N4CCC(CN(C)C)CC4)c3c2)c1. The van der Waals surface area contributed by atoms with Crippen LogP contribution in [-0.2, 0) is 0 Å². The van der Waals surface area contributed by atoms with Gasteiger partial charge in [0.25, 0.3) is 0 Å². The fraction of sp³-hybridized carbons (Fsp3) is 0.429. The van der Waals surface area contributed by atoms with E-state index in [4.69, 9.17) is 21.3 Å². The minimum atomic E-state index is 0.157. The summed E-state index contributed by atoms with van der Waals surface area (Å²) < 4.78 is 5.43. The van der Waals surface area contributed by atoms with Crippen LogP contribution in [0.2, 0.25) is 5.02 Å².